The fourth-order valence-corrected chi connectivity index (χ4v) is 10.9. The number of carboxylic acid groups (broad SMARTS) is 3. The summed E-state index contributed by atoms with van der Waals surface area (Å²) >= 11 is 5.81. The smallest absolute Gasteiger partial charge is 0.335 e. The van der Waals surface area contributed by atoms with E-state index in [9.17, 15) is 44.9 Å². The number of nitriles is 1. The van der Waals surface area contributed by atoms with Crippen LogP contribution in [0, 0.1) is 11.3 Å². The number of para-hydroxylation sites is 1. The van der Waals surface area contributed by atoms with E-state index in [0.29, 0.717) is 60.6 Å². The Hall–Kier alpha value is -8.80. The number of hydrogen-bond donors (Lipinski definition) is 6. The summed E-state index contributed by atoms with van der Waals surface area (Å²) in [6.07, 6.45) is 4.85. The highest BCUT2D eigenvalue weighted by atomic mass is 35.5. The van der Waals surface area contributed by atoms with E-state index in [-0.39, 0.29) is 32.0 Å². The van der Waals surface area contributed by atoms with Gasteiger partial charge in [-0.2, -0.15) is 5.26 Å². The minimum atomic E-state index is -3.93. The zero-order valence-corrected chi connectivity index (χ0v) is 45.5. The Kier molecular flexibility index (Phi) is 20.7. The van der Waals surface area contributed by atoms with E-state index in [4.69, 9.17) is 26.9 Å². The van der Waals surface area contributed by atoms with Crippen molar-refractivity contribution in [2.45, 2.75) is 48.3 Å². The Morgan fingerprint density at radius 1 is 0.456 bits per heavy atom. The van der Waals surface area contributed by atoms with Crippen molar-refractivity contribution in [3.05, 3.63) is 255 Å². The zero-order valence-electron chi connectivity index (χ0n) is 42.3. The van der Waals surface area contributed by atoms with Gasteiger partial charge in [0.1, 0.15) is 11.0 Å². The van der Waals surface area contributed by atoms with Crippen LogP contribution >= 0.6 is 11.6 Å². The molecule has 0 saturated heterocycles. The lowest BCUT2D eigenvalue weighted by molar-refractivity contribution is 0.0686. The summed E-state index contributed by atoms with van der Waals surface area (Å²) in [7, 11) is -10.9. The van der Waals surface area contributed by atoms with Gasteiger partial charge in [0.25, 0.3) is 20.0 Å². The van der Waals surface area contributed by atoms with Gasteiger partial charge < -0.3 is 15.3 Å². The maximum Gasteiger partial charge on any atom is 0.335 e. The first-order valence-corrected chi connectivity index (χ1v) is 29.3. The van der Waals surface area contributed by atoms with Gasteiger partial charge in [0, 0.05) is 16.4 Å². The van der Waals surface area contributed by atoms with Crippen LogP contribution in [-0.2, 0) is 68.6 Å². The van der Waals surface area contributed by atoms with Crippen LogP contribution in [-0.4, -0.2) is 64.7 Å². The molecule has 8 aromatic rings. The third-order valence-corrected chi connectivity index (χ3v) is 15.4. The summed E-state index contributed by atoms with van der Waals surface area (Å²) in [4.78, 5) is 33.2. The summed E-state index contributed by atoms with van der Waals surface area (Å²) < 4.78 is 80.6. The second kappa shape index (κ2) is 27.5. The molecule has 0 unspecified atom stereocenters. The lowest BCUT2D eigenvalue weighted by Crippen LogP contribution is -2.15. The zero-order chi connectivity index (χ0) is 57.2. The van der Waals surface area contributed by atoms with Crippen LogP contribution in [0.2, 0.25) is 5.02 Å². The molecule has 0 aliphatic rings. The number of carbonyl (C=O) groups is 3. The molecule has 0 atom stereocenters. The van der Waals surface area contributed by atoms with Crippen molar-refractivity contribution in [3.8, 4) is 6.07 Å². The molecule has 8 aromatic carbocycles. The molecule has 0 bridgehead atoms. The van der Waals surface area contributed by atoms with Gasteiger partial charge in [0.15, 0.2) is 0 Å². The highest BCUT2D eigenvalue weighted by Crippen LogP contribution is 2.25. The van der Waals surface area contributed by atoms with E-state index in [1.165, 1.54) is 42.5 Å². The maximum atomic E-state index is 12.8. The lowest BCUT2D eigenvalue weighted by Gasteiger charge is -2.13. The van der Waals surface area contributed by atoms with Crippen LogP contribution in [0.1, 0.15) is 70.0 Å². The van der Waals surface area contributed by atoms with Crippen LogP contribution in [0.25, 0.3) is 0 Å². The molecule has 0 aliphatic heterocycles. The molecule has 0 fully saturated rings. The molecule has 0 heterocycles. The number of benzene rings is 8. The van der Waals surface area contributed by atoms with E-state index in [1.54, 1.807) is 109 Å². The van der Waals surface area contributed by atoms with Crippen molar-refractivity contribution < 1.29 is 55.0 Å². The standard InChI is InChI=1S/C22H18N2O4S.C21H18ClNO4S.C16H17NO4S/c23-15-19-8-2-4-11-21(19)29(27,28)24-20-10-3-1-7-17(20)13-12-16-6-5-9-18(14-16)22(25)26;22-18-9-11-20(12-10-18)28(26,27)23-19-6-2-4-16(14-19)8-7-15-3-1-5-17(13-15)21(24)25;1-22(20,21)17-15-7-3-5-13(11-15)9-8-12-4-2-6-14(10-12)16(18)19/h1-11,14,24H,12-13H2,(H,25,26);1-6,9-14,23H,7-8H2,(H,24,25);2-7,10-11,17H,8-9H2,1H3,(H,18,19). The van der Waals surface area contributed by atoms with Crippen LogP contribution in [0.15, 0.2) is 204 Å². The number of aromatic carboxylic acids is 3. The molecule has 0 aromatic heterocycles. The molecular weight excluding hydrogens is 1090 g/mol. The molecule has 79 heavy (non-hydrogen) atoms. The van der Waals surface area contributed by atoms with Crippen molar-refractivity contribution in [2.24, 2.45) is 0 Å². The topological polar surface area (TPSA) is 274 Å². The number of halogens is 1. The highest BCUT2D eigenvalue weighted by Gasteiger charge is 2.20. The molecule has 0 aliphatic carbocycles. The summed E-state index contributed by atoms with van der Waals surface area (Å²) in [5, 5.41) is 36.8. The number of rotatable bonds is 20. The van der Waals surface area contributed by atoms with Gasteiger partial charge in [-0.15, -0.1) is 0 Å². The first-order valence-electron chi connectivity index (χ1n) is 24.1. The number of nitrogens with one attached hydrogen (secondary N) is 3. The van der Waals surface area contributed by atoms with Crippen LogP contribution < -0.4 is 14.2 Å². The monoisotopic (exact) mass is 1140 g/mol. The largest absolute Gasteiger partial charge is 0.478 e. The van der Waals surface area contributed by atoms with E-state index < -0.39 is 48.0 Å². The maximum absolute atomic E-state index is 12.8. The second-order valence-corrected chi connectivity index (χ2v) is 23.2. The Labute approximate surface area is 463 Å². The minimum absolute atomic E-state index is 0.0722. The van der Waals surface area contributed by atoms with Crippen molar-refractivity contribution in [3.63, 3.8) is 0 Å². The summed E-state index contributed by atoms with van der Waals surface area (Å²) in [6, 6.07) is 55.5. The molecule has 0 radical (unpaired) electrons. The SMILES string of the molecule is CS(=O)(=O)Nc1cccc(CCc2cccc(C(=O)O)c2)c1.N#Cc1ccccc1S(=O)(=O)Nc1ccccc1CCc1cccc(C(=O)O)c1.O=C(O)c1cccc(CCc2cccc(NS(=O)(=O)c3ccc(Cl)cc3)c2)c1. The third-order valence-electron chi connectivity index (χ3n) is 11.7. The summed E-state index contributed by atoms with van der Waals surface area (Å²) in [6.45, 7) is 0. The number of nitrogens with zero attached hydrogens (tertiary/aromatic N) is 1. The van der Waals surface area contributed by atoms with E-state index in [0.717, 1.165) is 39.6 Å². The first-order chi connectivity index (χ1) is 37.6. The van der Waals surface area contributed by atoms with Gasteiger partial charge in [-0.05, 0) is 175 Å². The first kappa shape index (κ1) is 59.4. The molecule has 20 heteroatoms. The normalized spacial score (nSPS) is 11.1. The Balaban J connectivity index is 0.000000193. The van der Waals surface area contributed by atoms with Gasteiger partial charge in [-0.3, -0.25) is 14.2 Å². The predicted octanol–water partition coefficient (Wildman–Crippen LogP) is 11.0. The van der Waals surface area contributed by atoms with Crippen LogP contribution in [0.3, 0.4) is 0 Å². The van der Waals surface area contributed by atoms with Gasteiger partial charge in [-0.1, -0.05) is 103 Å². The fourth-order valence-electron chi connectivity index (χ4n) is 7.89. The fraction of sp³-hybridized carbons (Fsp3) is 0.119. The molecule has 0 spiro atoms. The van der Waals surface area contributed by atoms with Crippen LogP contribution in [0.5, 0.6) is 0 Å². The molecule has 8 rings (SSSR count). The highest BCUT2D eigenvalue weighted by molar-refractivity contribution is 7.93. The third kappa shape index (κ3) is 18.7. The molecular formula is C59H53ClN4O12S3. The van der Waals surface area contributed by atoms with Gasteiger partial charge in [0.05, 0.1) is 39.1 Å². The van der Waals surface area contributed by atoms with Gasteiger partial charge in [-0.25, -0.2) is 39.6 Å². The van der Waals surface area contributed by atoms with E-state index in [2.05, 4.69) is 14.2 Å². The van der Waals surface area contributed by atoms with Gasteiger partial charge >= 0.3 is 17.9 Å². The van der Waals surface area contributed by atoms with Crippen molar-refractivity contribution in [2.75, 3.05) is 20.4 Å². The predicted molar refractivity (Wildman–Crippen MR) is 304 cm³/mol. The van der Waals surface area contributed by atoms with Crippen molar-refractivity contribution in [1.82, 2.24) is 0 Å². The molecule has 0 saturated carbocycles. The summed E-state index contributed by atoms with van der Waals surface area (Å²) in [5.74, 6) is -2.89. The molecule has 406 valence electrons. The number of sulfonamides is 3. The van der Waals surface area contributed by atoms with Gasteiger partial charge in [0.2, 0.25) is 10.0 Å². The van der Waals surface area contributed by atoms with Crippen LogP contribution in [0.4, 0.5) is 17.1 Å². The second-order valence-electron chi connectivity index (χ2n) is 17.7. The Morgan fingerprint density at radius 3 is 1.32 bits per heavy atom. The quantitative estimate of drug-likeness (QED) is 0.0415. The summed E-state index contributed by atoms with van der Waals surface area (Å²) in [5.41, 5.74) is 7.60. The van der Waals surface area contributed by atoms with E-state index >= 15 is 0 Å². The minimum Gasteiger partial charge on any atom is -0.478 e. The number of hydrogen-bond acceptors (Lipinski definition) is 10. The molecule has 16 nitrogen and oxygen atoms in total. The number of anilines is 3. The number of aryl methyl sites for hydroxylation is 6. The Morgan fingerprint density at radius 2 is 0.861 bits per heavy atom. The van der Waals surface area contributed by atoms with E-state index in [1.807, 2.05) is 48.5 Å². The average Bonchev–Trinajstić information content (AvgIpc) is 3.45. The number of carboxylic acids is 3. The average molecular weight is 1140 g/mol. The van der Waals surface area contributed by atoms with Crippen molar-refractivity contribution in [1.29, 1.82) is 5.26 Å². The lowest BCUT2D eigenvalue weighted by atomic mass is 10.0. The van der Waals surface area contributed by atoms with Crippen molar-refractivity contribution >= 4 is 76.6 Å². The molecule has 6 N–H and O–H groups in total. The Bertz CT molecular complexity index is 3870. The molecule has 0 amide bonds.